The van der Waals surface area contributed by atoms with E-state index >= 15 is 0 Å². The Hall–Kier alpha value is -2.17. The van der Waals surface area contributed by atoms with Crippen molar-refractivity contribution in [3.05, 3.63) is 35.5 Å². The van der Waals surface area contributed by atoms with E-state index in [0.29, 0.717) is 18.5 Å². The van der Waals surface area contributed by atoms with Crippen molar-refractivity contribution in [3.8, 4) is 0 Å². The smallest absolute Gasteiger partial charge is 0.254 e. The predicted molar refractivity (Wildman–Crippen MR) is 74.5 cm³/mol. The molecule has 0 radical (unpaired) electrons. The van der Waals surface area contributed by atoms with E-state index in [-0.39, 0.29) is 18.2 Å². The molecule has 0 aromatic heterocycles. The average Bonchev–Trinajstić information content (AvgIpc) is 2.67. The first-order valence-electron chi connectivity index (χ1n) is 6.62. The Morgan fingerprint density at radius 1 is 1.40 bits per heavy atom. The van der Waals surface area contributed by atoms with Crippen molar-refractivity contribution in [1.29, 1.82) is 0 Å². The van der Waals surface area contributed by atoms with Crippen molar-refractivity contribution >= 4 is 17.7 Å². The van der Waals surface area contributed by atoms with Crippen LogP contribution in [0.2, 0.25) is 0 Å². The largest absolute Gasteiger partial charge is 0.322 e. The van der Waals surface area contributed by atoms with E-state index in [9.17, 15) is 14.4 Å². The molecule has 1 atom stereocenters. The number of carbonyl (C=O) groups excluding carboxylic acids is 3. The van der Waals surface area contributed by atoms with Gasteiger partial charge in [-0.1, -0.05) is 18.7 Å². The normalized spacial score (nSPS) is 26.5. The second-order valence-corrected chi connectivity index (χ2v) is 5.04. The van der Waals surface area contributed by atoms with E-state index in [2.05, 4.69) is 11.9 Å². The summed E-state index contributed by atoms with van der Waals surface area (Å²) in [4.78, 5) is 36.8. The molecule has 0 bridgehead atoms. The fourth-order valence-corrected chi connectivity index (χ4v) is 2.58. The molecule has 2 saturated heterocycles. The molecule has 2 heterocycles. The van der Waals surface area contributed by atoms with Crippen molar-refractivity contribution in [2.24, 2.45) is 0 Å². The van der Waals surface area contributed by atoms with Crippen LogP contribution in [-0.4, -0.2) is 35.2 Å². The molecule has 0 aromatic rings. The van der Waals surface area contributed by atoms with E-state index in [1.165, 1.54) is 4.90 Å². The second kappa shape index (κ2) is 5.45. The maximum absolute atomic E-state index is 12.3. The Bertz CT molecular complexity index is 557. The number of nitrogens with zero attached hydrogens (tertiary/aromatic N) is 1. The Balaban J connectivity index is 2.25. The van der Waals surface area contributed by atoms with E-state index in [4.69, 9.17) is 0 Å². The SMILES string of the molecule is C=C1C(=O)N(C2CCC(=O)NC2=O)C/C1=C(C)/C=C\C. The fraction of sp³-hybridized carbons (Fsp3) is 0.400. The summed E-state index contributed by atoms with van der Waals surface area (Å²) in [5.41, 5.74) is 2.27. The zero-order chi connectivity index (χ0) is 14.9. The highest BCUT2D eigenvalue weighted by Gasteiger charge is 2.40. The van der Waals surface area contributed by atoms with Gasteiger partial charge in [0.05, 0.1) is 0 Å². The molecule has 2 rings (SSSR count). The number of rotatable bonds is 2. The summed E-state index contributed by atoms with van der Waals surface area (Å²) in [7, 11) is 0. The maximum Gasteiger partial charge on any atom is 0.254 e. The van der Waals surface area contributed by atoms with Crippen LogP contribution >= 0.6 is 0 Å². The summed E-state index contributed by atoms with van der Waals surface area (Å²) in [6.07, 6.45) is 4.45. The van der Waals surface area contributed by atoms with Crippen molar-refractivity contribution < 1.29 is 14.4 Å². The molecule has 5 heteroatoms. The van der Waals surface area contributed by atoms with Crippen LogP contribution in [-0.2, 0) is 14.4 Å². The molecule has 3 amide bonds. The number of hydrogen-bond acceptors (Lipinski definition) is 3. The summed E-state index contributed by atoms with van der Waals surface area (Å²) in [5.74, 6) is -0.900. The summed E-state index contributed by atoms with van der Waals surface area (Å²) < 4.78 is 0. The lowest BCUT2D eigenvalue weighted by molar-refractivity contribution is -0.142. The van der Waals surface area contributed by atoms with Crippen molar-refractivity contribution in [2.75, 3.05) is 6.54 Å². The van der Waals surface area contributed by atoms with Crippen LogP contribution in [0.25, 0.3) is 0 Å². The highest BCUT2D eigenvalue weighted by Crippen LogP contribution is 2.29. The second-order valence-electron chi connectivity index (χ2n) is 5.04. The first kappa shape index (κ1) is 14.2. The van der Waals surface area contributed by atoms with Crippen LogP contribution in [0.4, 0.5) is 0 Å². The molecule has 5 nitrogen and oxygen atoms in total. The van der Waals surface area contributed by atoms with Gasteiger partial charge >= 0.3 is 0 Å². The third-order valence-electron chi connectivity index (χ3n) is 3.69. The van der Waals surface area contributed by atoms with Gasteiger partial charge in [-0.2, -0.15) is 0 Å². The summed E-state index contributed by atoms with van der Waals surface area (Å²) >= 11 is 0. The van der Waals surface area contributed by atoms with Gasteiger partial charge in [-0.15, -0.1) is 0 Å². The quantitative estimate of drug-likeness (QED) is 0.605. The topological polar surface area (TPSA) is 66.5 Å². The molecule has 2 aliphatic heterocycles. The van der Waals surface area contributed by atoms with E-state index < -0.39 is 11.9 Å². The molecule has 1 unspecified atom stereocenters. The van der Waals surface area contributed by atoms with Gasteiger partial charge in [-0.3, -0.25) is 19.7 Å². The van der Waals surface area contributed by atoms with Gasteiger partial charge < -0.3 is 4.90 Å². The number of piperidine rings is 1. The summed E-state index contributed by atoms with van der Waals surface area (Å²) in [5, 5.41) is 2.28. The third kappa shape index (κ3) is 2.43. The lowest BCUT2D eigenvalue weighted by atomic mass is 10.0. The average molecular weight is 274 g/mol. The fourth-order valence-electron chi connectivity index (χ4n) is 2.58. The molecule has 0 spiro atoms. The zero-order valence-electron chi connectivity index (χ0n) is 11.7. The number of likely N-dealkylation sites (tertiary alicyclic amines) is 1. The number of amides is 3. The lowest BCUT2D eigenvalue weighted by Gasteiger charge is -2.28. The van der Waals surface area contributed by atoms with E-state index in [1.54, 1.807) is 0 Å². The van der Waals surface area contributed by atoms with Crippen LogP contribution in [0.5, 0.6) is 0 Å². The first-order valence-corrected chi connectivity index (χ1v) is 6.62. The molecule has 0 aliphatic carbocycles. The van der Waals surface area contributed by atoms with Crippen molar-refractivity contribution in [1.82, 2.24) is 10.2 Å². The minimum atomic E-state index is -0.576. The van der Waals surface area contributed by atoms with Gasteiger partial charge in [0.1, 0.15) is 6.04 Å². The number of nitrogens with one attached hydrogen (secondary N) is 1. The van der Waals surface area contributed by atoms with Crippen molar-refractivity contribution in [3.63, 3.8) is 0 Å². The Labute approximate surface area is 118 Å². The van der Waals surface area contributed by atoms with Gasteiger partial charge in [0, 0.05) is 18.5 Å². The van der Waals surface area contributed by atoms with Crippen LogP contribution in [0.3, 0.4) is 0 Å². The van der Waals surface area contributed by atoms with Gasteiger partial charge in [-0.05, 0) is 31.4 Å². The van der Waals surface area contributed by atoms with Crippen LogP contribution < -0.4 is 5.32 Å². The molecular weight excluding hydrogens is 256 g/mol. The number of carbonyl (C=O) groups is 3. The number of hydrogen-bond donors (Lipinski definition) is 1. The Morgan fingerprint density at radius 2 is 2.10 bits per heavy atom. The third-order valence-corrected chi connectivity index (χ3v) is 3.69. The Morgan fingerprint density at radius 3 is 2.70 bits per heavy atom. The number of imide groups is 1. The first-order chi connectivity index (χ1) is 9.45. The summed E-state index contributed by atoms with van der Waals surface area (Å²) in [6.45, 7) is 8.02. The molecule has 2 fully saturated rings. The minimum absolute atomic E-state index is 0.224. The van der Waals surface area contributed by atoms with Crippen LogP contribution in [0, 0.1) is 0 Å². The molecule has 1 N–H and O–H groups in total. The lowest BCUT2D eigenvalue weighted by Crippen LogP contribution is -2.52. The highest BCUT2D eigenvalue weighted by atomic mass is 16.2. The predicted octanol–water partition coefficient (Wildman–Crippen LogP) is 1.08. The van der Waals surface area contributed by atoms with Crippen LogP contribution in [0.1, 0.15) is 26.7 Å². The Kier molecular flexibility index (Phi) is 3.88. The standard InChI is InChI=1S/C15H18N2O3/c1-4-5-9(2)11-8-17(15(20)10(11)3)12-6-7-13(18)16-14(12)19/h4-5,12H,3,6-8H2,1-2H3,(H,16,18,19)/b5-4-,11-9-. The van der Waals surface area contributed by atoms with Gasteiger partial charge in [0.2, 0.25) is 11.8 Å². The van der Waals surface area contributed by atoms with E-state index in [1.807, 2.05) is 26.0 Å². The number of allylic oxidation sites excluding steroid dienone is 3. The van der Waals surface area contributed by atoms with Crippen molar-refractivity contribution in [2.45, 2.75) is 32.7 Å². The van der Waals surface area contributed by atoms with Gasteiger partial charge in [0.25, 0.3) is 5.91 Å². The molecule has 0 saturated carbocycles. The molecule has 20 heavy (non-hydrogen) atoms. The summed E-state index contributed by atoms with van der Waals surface area (Å²) in [6, 6.07) is -0.576. The van der Waals surface area contributed by atoms with E-state index in [0.717, 1.165) is 11.1 Å². The molecule has 2 aliphatic rings. The molecule has 106 valence electrons. The maximum atomic E-state index is 12.3. The molecule has 0 aromatic carbocycles. The highest BCUT2D eigenvalue weighted by molar-refractivity contribution is 6.06. The minimum Gasteiger partial charge on any atom is -0.322 e. The van der Waals surface area contributed by atoms with Gasteiger partial charge in [0.15, 0.2) is 0 Å². The zero-order valence-corrected chi connectivity index (χ0v) is 11.7. The van der Waals surface area contributed by atoms with Gasteiger partial charge in [-0.25, -0.2) is 0 Å². The molecular formula is C15H18N2O3. The monoisotopic (exact) mass is 274 g/mol. The van der Waals surface area contributed by atoms with Crippen LogP contribution in [0.15, 0.2) is 35.5 Å².